The Morgan fingerprint density at radius 3 is 1.55 bits per heavy atom. The van der Waals surface area contributed by atoms with Gasteiger partial charge in [-0.3, -0.25) is 0 Å². The number of phenolic OH excluding ortho intramolecular Hbond substituents is 1. The van der Waals surface area contributed by atoms with Crippen LogP contribution in [0.25, 0.3) is 0 Å². The topological polar surface area (TPSA) is 29.5 Å². The average molecular weight is 401 g/mol. The minimum absolute atomic E-state index is 0. The molecule has 1 N–H and O–H groups in total. The van der Waals surface area contributed by atoms with Crippen LogP contribution in [0.15, 0.2) is 12.1 Å². The van der Waals surface area contributed by atoms with Crippen LogP contribution >= 0.6 is 24.8 Å². The van der Waals surface area contributed by atoms with Gasteiger partial charge in [-0.2, -0.15) is 0 Å². The van der Waals surface area contributed by atoms with E-state index in [1.807, 2.05) is 6.07 Å². The molecular weight excluding hydrogens is 374 g/mol. The molecule has 2 nitrogen and oxygen atoms in total. The van der Waals surface area contributed by atoms with Crippen molar-refractivity contribution < 1.29 is 36.0 Å². The van der Waals surface area contributed by atoms with Gasteiger partial charge in [0.1, 0.15) is 11.5 Å². The zero-order valence-electron chi connectivity index (χ0n) is 13.3. The summed E-state index contributed by atoms with van der Waals surface area (Å²) in [6.07, 6.45) is 0. The van der Waals surface area contributed by atoms with Crippen LogP contribution in [0.4, 0.5) is 0 Å². The smallest absolute Gasteiger partial charge is 0.123 e. The van der Waals surface area contributed by atoms with Gasteiger partial charge in [0.15, 0.2) is 0 Å². The van der Waals surface area contributed by atoms with E-state index in [0.717, 1.165) is 16.9 Å². The van der Waals surface area contributed by atoms with Gasteiger partial charge < -0.3 is 9.84 Å². The molecule has 1 rings (SSSR count). The van der Waals surface area contributed by atoms with E-state index in [2.05, 4.69) is 41.5 Å². The van der Waals surface area contributed by atoms with E-state index in [0.29, 0.717) is 5.75 Å². The van der Waals surface area contributed by atoms with E-state index in [4.69, 9.17) is 4.74 Å². The van der Waals surface area contributed by atoms with E-state index in [9.17, 15) is 5.11 Å². The molecule has 0 aliphatic carbocycles. The number of hydrogen-bond donors (Lipinski definition) is 1. The Labute approximate surface area is 154 Å². The summed E-state index contributed by atoms with van der Waals surface area (Å²) < 4.78 is 5.45. The normalized spacial score (nSPS) is 10.8. The van der Waals surface area contributed by atoms with Gasteiger partial charge in [-0.1, -0.05) is 41.5 Å². The molecule has 0 heterocycles. The quantitative estimate of drug-likeness (QED) is 0.731. The van der Waals surface area contributed by atoms with Crippen LogP contribution in [-0.4, -0.2) is 12.2 Å². The van der Waals surface area contributed by atoms with Crippen LogP contribution in [0.2, 0.25) is 0 Å². The zero-order valence-corrected chi connectivity index (χ0v) is 17.4. The minimum atomic E-state index is -0.110. The molecule has 0 spiro atoms. The van der Waals surface area contributed by atoms with Gasteiger partial charge in [-0.15, -0.1) is 24.8 Å². The van der Waals surface area contributed by atoms with Gasteiger partial charge >= 0.3 is 0 Å². The SMILES string of the molecule is COc1ccc(O)c(C(C)(C)C)c1C(C)(C)C.Cl.Cl.[Zr]. The second-order valence-corrected chi connectivity index (χ2v) is 6.54. The Morgan fingerprint density at radius 2 is 1.25 bits per heavy atom. The van der Waals surface area contributed by atoms with Gasteiger partial charge in [0.05, 0.1) is 7.11 Å². The molecule has 1 aromatic carbocycles. The van der Waals surface area contributed by atoms with Crippen LogP contribution in [-0.2, 0) is 37.0 Å². The third-order valence-corrected chi connectivity index (χ3v) is 2.87. The van der Waals surface area contributed by atoms with Crippen molar-refractivity contribution in [2.75, 3.05) is 7.11 Å². The minimum Gasteiger partial charge on any atom is -0.508 e. The molecule has 20 heavy (non-hydrogen) atoms. The summed E-state index contributed by atoms with van der Waals surface area (Å²) in [7, 11) is 1.67. The molecule has 0 amide bonds. The fourth-order valence-corrected chi connectivity index (χ4v) is 2.25. The van der Waals surface area contributed by atoms with Gasteiger partial charge in [0, 0.05) is 37.3 Å². The Bertz CT molecular complexity index is 421. The summed E-state index contributed by atoms with van der Waals surface area (Å²) in [4.78, 5) is 0. The maximum Gasteiger partial charge on any atom is 0.123 e. The zero-order chi connectivity index (χ0) is 13.4. The van der Waals surface area contributed by atoms with Crippen molar-refractivity contribution in [3.8, 4) is 11.5 Å². The van der Waals surface area contributed by atoms with Crippen LogP contribution < -0.4 is 4.74 Å². The van der Waals surface area contributed by atoms with E-state index in [-0.39, 0.29) is 61.8 Å². The van der Waals surface area contributed by atoms with Crippen molar-refractivity contribution in [2.24, 2.45) is 0 Å². The molecule has 0 aromatic heterocycles. The first kappa shape index (κ1) is 25.2. The first-order valence-electron chi connectivity index (χ1n) is 6.00. The summed E-state index contributed by atoms with van der Waals surface area (Å²) in [5.41, 5.74) is 1.89. The van der Waals surface area contributed by atoms with Crippen molar-refractivity contribution in [2.45, 2.75) is 52.4 Å². The monoisotopic (exact) mass is 398 g/mol. The largest absolute Gasteiger partial charge is 0.508 e. The molecule has 0 aliphatic rings. The summed E-state index contributed by atoms with van der Waals surface area (Å²) in [6.45, 7) is 12.7. The summed E-state index contributed by atoms with van der Waals surface area (Å²) in [6, 6.07) is 3.56. The van der Waals surface area contributed by atoms with E-state index < -0.39 is 0 Å². The van der Waals surface area contributed by atoms with E-state index >= 15 is 0 Å². The molecule has 5 heteroatoms. The predicted octanol–water partition coefficient (Wildman–Crippen LogP) is 4.84. The maximum absolute atomic E-state index is 10.2. The number of rotatable bonds is 1. The van der Waals surface area contributed by atoms with Crippen LogP contribution in [0.5, 0.6) is 11.5 Å². The van der Waals surface area contributed by atoms with Gasteiger partial charge in [-0.05, 0) is 23.0 Å². The number of halogens is 2. The van der Waals surface area contributed by atoms with Crippen LogP contribution in [0.3, 0.4) is 0 Å². The molecule has 116 valence electrons. The summed E-state index contributed by atoms with van der Waals surface area (Å²) in [5, 5.41) is 10.2. The Morgan fingerprint density at radius 1 is 0.850 bits per heavy atom. The second kappa shape index (κ2) is 8.66. The molecule has 0 saturated carbocycles. The van der Waals surface area contributed by atoms with Crippen molar-refractivity contribution in [1.29, 1.82) is 0 Å². The molecule has 0 saturated heterocycles. The molecule has 0 aliphatic heterocycles. The third-order valence-electron chi connectivity index (χ3n) is 2.87. The van der Waals surface area contributed by atoms with E-state index in [1.54, 1.807) is 13.2 Å². The van der Waals surface area contributed by atoms with Gasteiger partial charge in [0.25, 0.3) is 0 Å². The van der Waals surface area contributed by atoms with Crippen LogP contribution in [0.1, 0.15) is 52.7 Å². The fourth-order valence-electron chi connectivity index (χ4n) is 2.25. The number of ether oxygens (including phenoxy) is 1. The summed E-state index contributed by atoms with van der Waals surface area (Å²) in [5.74, 6) is 1.20. The molecule has 0 fully saturated rings. The Kier molecular flexibility index (Phi) is 10.9. The van der Waals surface area contributed by atoms with Crippen molar-refractivity contribution in [3.05, 3.63) is 23.3 Å². The molecule has 1 aromatic rings. The van der Waals surface area contributed by atoms with E-state index in [1.165, 1.54) is 0 Å². The molecule has 0 bridgehead atoms. The number of aromatic hydroxyl groups is 1. The molecule has 0 unspecified atom stereocenters. The number of methoxy groups -OCH3 is 1. The molecule has 0 atom stereocenters. The molecular formula is C15H26Cl2O2Zr. The summed E-state index contributed by atoms with van der Waals surface area (Å²) >= 11 is 0. The number of phenols is 1. The van der Waals surface area contributed by atoms with Gasteiger partial charge in [-0.25, -0.2) is 0 Å². The Hall–Kier alpha value is 0.283. The first-order valence-corrected chi connectivity index (χ1v) is 6.00. The third kappa shape index (κ3) is 5.58. The second-order valence-electron chi connectivity index (χ2n) is 6.54. The fraction of sp³-hybridized carbons (Fsp3) is 0.600. The predicted molar refractivity (Wildman–Crippen MR) is 86.6 cm³/mol. The van der Waals surface area contributed by atoms with Crippen molar-refractivity contribution in [1.82, 2.24) is 0 Å². The Balaban J connectivity index is -0.000000963. The maximum atomic E-state index is 10.2. The number of hydrogen-bond acceptors (Lipinski definition) is 2. The van der Waals surface area contributed by atoms with Crippen LogP contribution in [0, 0.1) is 0 Å². The number of benzene rings is 1. The molecule has 0 radical (unpaired) electrons. The van der Waals surface area contributed by atoms with Crippen molar-refractivity contribution in [3.63, 3.8) is 0 Å². The first-order chi connectivity index (χ1) is 7.59. The average Bonchev–Trinajstić information content (AvgIpc) is 2.13. The van der Waals surface area contributed by atoms with Gasteiger partial charge in [0.2, 0.25) is 0 Å². The van der Waals surface area contributed by atoms with Crippen molar-refractivity contribution >= 4 is 24.8 Å². The standard InChI is InChI=1S/C15H24O2.2ClH.Zr/c1-14(2,3)12-10(16)8-9-11(17-7)13(12)15(4,5)6;;;/h8-9,16H,1-7H3;2*1H;.